The molecular formula is C21H22FN7O2. The van der Waals surface area contributed by atoms with E-state index < -0.39 is 11.4 Å². The van der Waals surface area contributed by atoms with Gasteiger partial charge >= 0.3 is 0 Å². The van der Waals surface area contributed by atoms with Gasteiger partial charge in [-0.1, -0.05) is 6.07 Å². The summed E-state index contributed by atoms with van der Waals surface area (Å²) in [6, 6.07) is 6.05. The van der Waals surface area contributed by atoms with Crippen molar-refractivity contribution in [1.29, 1.82) is 0 Å². The van der Waals surface area contributed by atoms with Crippen molar-refractivity contribution in [1.82, 2.24) is 34.7 Å². The Balaban J connectivity index is 1.58. The van der Waals surface area contributed by atoms with Gasteiger partial charge in [0.1, 0.15) is 22.6 Å². The fourth-order valence-electron chi connectivity index (χ4n) is 4.03. The molecule has 4 heterocycles. The number of likely N-dealkylation sites (tertiary alicyclic amines) is 1. The smallest absolute Gasteiger partial charge is 0.273 e. The zero-order chi connectivity index (χ0) is 21.5. The quantitative estimate of drug-likeness (QED) is 0.542. The van der Waals surface area contributed by atoms with Gasteiger partial charge in [-0.3, -0.25) is 14.6 Å². The largest absolute Gasteiger partial charge is 0.494 e. The molecule has 31 heavy (non-hydrogen) atoms. The number of piperidine rings is 1. The molecule has 0 spiro atoms. The van der Waals surface area contributed by atoms with E-state index >= 15 is 0 Å². The summed E-state index contributed by atoms with van der Waals surface area (Å²) in [4.78, 5) is 15.0. The van der Waals surface area contributed by atoms with E-state index in [-0.39, 0.29) is 11.4 Å². The van der Waals surface area contributed by atoms with Crippen molar-refractivity contribution in [2.75, 3.05) is 27.2 Å². The lowest BCUT2D eigenvalue weighted by Crippen LogP contribution is -2.31. The Hall–Kier alpha value is -3.53. The third kappa shape index (κ3) is 3.38. The molecule has 0 radical (unpaired) electrons. The van der Waals surface area contributed by atoms with Crippen LogP contribution in [0.1, 0.15) is 18.9 Å². The lowest BCUT2D eigenvalue weighted by Gasteiger charge is -2.28. The van der Waals surface area contributed by atoms with E-state index in [1.807, 2.05) is 10.9 Å². The number of rotatable bonds is 4. The Morgan fingerprint density at radius 2 is 2.06 bits per heavy atom. The van der Waals surface area contributed by atoms with Crippen molar-refractivity contribution in [2.24, 2.45) is 0 Å². The van der Waals surface area contributed by atoms with Gasteiger partial charge in [0.15, 0.2) is 5.82 Å². The molecule has 0 aliphatic carbocycles. The normalized spacial score (nSPS) is 15.6. The van der Waals surface area contributed by atoms with Crippen molar-refractivity contribution in [3.05, 3.63) is 52.8 Å². The van der Waals surface area contributed by atoms with Gasteiger partial charge in [0.2, 0.25) is 0 Å². The van der Waals surface area contributed by atoms with Gasteiger partial charge in [0.25, 0.3) is 5.56 Å². The van der Waals surface area contributed by atoms with Crippen molar-refractivity contribution < 1.29 is 9.13 Å². The number of para-hydroxylation sites is 1. The number of nitrogens with zero attached hydrogens (tertiary/aromatic N) is 6. The van der Waals surface area contributed by atoms with Crippen LogP contribution in [0.3, 0.4) is 0 Å². The number of aromatic nitrogens is 6. The van der Waals surface area contributed by atoms with E-state index in [0.29, 0.717) is 22.8 Å². The lowest BCUT2D eigenvalue weighted by atomic mass is 10.1. The average Bonchev–Trinajstić information content (AvgIpc) is 3.40. The molecule has 0 bridgehead atoms. The van der Waals surface area contributed by atoms with Crippen LogP contribution in [0.2, 0.25) is 0 Å². The number of hydrogen-bond acceptors (Lipinski definition) is 6. The van der Waals surface area contributed by atoms with Crippen molar-refractivity contribution in [3.63, 3.8) is 0 Å². The summed E-state index contributed by atoms with van der Waals surface area (Å²) in [6.07, 6.45) is 5.76. The minimum absolute atomic E-state index is 0.0360. The van der Waals surface area contributed by atoms with Crippen LogP contribution in [0.5, 0.6) is 5.75 Å². The summed E-state index contributed by atoms with van der Waals surface area (Å²) in [5.41, 5.74) is 1.73. The maximum atomic E-state index is 14.6. The third-order valence-corrected chi connectivity index (χ3v) is 5.76. The molecule has 5 rings (SSSR count). The highest BCUT2D eigenvalue weighted by Gasteiger charge is 2.22. The maximum absolute atomic E-state index is 14.6. The van der Waals surface area contributed by atoms with Gasteiger partial charge < -0.3 is 9.64 Å². The predicted octanol–water partition coefficient (Wildman–Crippen LogP) is 2.39. The Kier molecular flexibility index (Phi) is 4.78. The standard InChI is InChI=1S/C21H22FN7O2/c1-27-8-6-14(7-9-27)28-12-13(11-23-28)19-20-16(24-25-19)10-18(30)29(26-20)21-15(22)4-3-5-17(21)31-2/h3-5,10-12,14,24H,6-9H2,1-2H3. The first kappa shape index (κ1) is 19.4. The van der Waals surface area contributed by atoms with Gasteiger partial charge in [0.05, 0.1) is 24.9 Å². The Bertz CT molecular complexity index is 1300. The monoisotopic (exact) mass is 423 g/mol. The second kappa shape index (κ2) is 7.62. The summed E-state index contributed by atoms with van der Waals surface area (Å²) in [6.45, 7) is 2.06. The lowest BCUT2D eigenvalue weighted by molar-refractivity contribution is 0.212. The van der Waals surface area contributed by atoms with Crippen LogP contribution in [0.25, 0.3) is 28.0 Å². The predicted molar refractivity (Wildman–Crippen MR) is 113 cm³/mol. The Morgan fingerprint density at radius 3 is 2.84 bits per heavy atom. The average molecular weight is 423 g/mol. The van der Waals surface area contributed by atoms with Gasteiger partial charge in [-0.15, -0.1) is 0 Å². The fraction of sp³-hybridized carbons (Fsp3) is 0.333. The van der Waals surface area contributed by atoms with Crippen LogP contribution in [-0.4, -0.2) is 61.9 Å². The molecule has 1 N–H and O–H groups in total. The molecule has 4 aromatic rings. The molecular weight excluding hydrogens is 401 g/mol. The SMILES string of the molecule is COc1cccc(F)c1-n1nc2c(-c3cnn(C4CCN(C)CC4)c3)n[nH]c2cc1=O. The molecule has 0 atom stereocenters. The first-order chi connectivity index (χ1) is 15.0. The molecule has 1 aliphatic rings. The molecule has 3 aromatic heterocycles. The van der Waals surface area contributed by atoms with E-state index in [2.05, 4.69) is 32.3 Å². The first-order valence-electron chi connectivity index (χ1n) is 10.1. The van der Waals surface area contributed by atoms with Crippen LogP contribution < -0.4 is 10.3 Å². The van der Waals surface area contributed by atoms with E-state index in [9.17, 15) is 9.18 Å². The number of ether oxygens (including phenoxy) is 1. The summed E-state index contributed by atoms with van der Waals surface area (Å²) < 4.78 is 22.8. The number of benzene rings is 1. The van der Waals surface area contributed by atoms with E-state index in [4.69, 9.17) is 4.74 Å². The summed E-state index contributed by atoms with van der Waals surface area (Å²) in [7, 11) is 3.54. The van der Waals surface area contributed by atoms with Crippen LogP contribution in [-0.2, 0) is 0 Å². The molecule has 1 saturated heterocycles. The second-order valence-electron chi connectivity index (χ2n) is 7.76. The van der Waals surface area contributed by atoms with Crippen LogP contribution in [0.4, 0.5) is 4.39 Å². The number of H-pyrrole nitrogens is 1. The molecule has 10 heteroatoms. The highest BCUT2D eigenvalue weighted by Crippen LogP contribution is 2.29. The highest BCUT2D eigenvalue weighted by molar-refractivity contribution is 5.88. The minimum atomic E-state index is -0.603. The maximum Gasteiger partial charge on any atom is 0.273 e. The summed E-state index contributed by atoms with van der Waals surface area (Å²) in [5.74, 6) is -0.387. The van der Waals surface area contributed by atoms with E-state index in [1.54, 1.807) is 12.3 Å². The number of aromatic amines is 1. The topological polar surface area (TPSA) is 93.9 Å². The van der Waals surface area contributed by atoms with Gasteiger partial charge in [-0.25, -0.2) is 4.39 Å². The molecule has 1 aliphatic heterocycles. The summed E-state index contributed by atoms with van der Waals surface area (Å²) >= 11 is 0. The molecule has 0 amide bonds. The van der Waals surface area contributed by atoms with Crippen LogP contribution in [0, 0.1) is 5.82 Å². The molecule has 1 fully saturated rings. The van der Waals surface area contributed by atoms with Gasteiger partial charge in [0, 0.05) is 17.8 Å². The van der Waals surface area contributed by atoms with Crippen molar-refractivity contribution in [3.8, 4) is 22.7 Å². The molecule has 9 nitrogen and oxygen atoms in total. The van der Waals surface area contributed by atoms with Crippen LogP contribution in [0.15, 0.2) is 41.5 Å². The Labute approximate surface area is 177 Å². The summed E-state index contributed by atoms with van der Waals surface area (Å²) in [5, 5.41) is 16.2. The fourth-order valence-corrected chi connectivity index (χ4v) is 4.03. The van der Waals surface area contributed by atoms with Crippen molar-refractivity contribution >= 4 is 11.0 Å². The highest BCUT2D eigenvalue weighted by atomic mass is 19.1. The Morgan fingerprint density at radius 1 is 1.26 bits per heavy atom. The number of halogens is 1. The number of fused-ring (bicyclic) bond motifs is 1. The van der Waals surface area contributed by atoms with Crippen molar-refractivity contribution in [2.45, 2.75) is 18.9 Å². The number of methoxy groups -OCH3 is 1. The number of nitrogens with one attached hydrogen (secondary N) is 1. The van der Waals surface area contributed by atoms with Gasteiger partial charge in [-0.05, 0) is 45.1 Å². The van der Waals surface area contributed by atoms with E-state index in [0.717, 1.165) is 36.2 Å². The second-order valence-corrected chi connectivity index (χ2v) is 7.76. The molecule has 1 aromatic carbocycles. The zero-order valence-corrected chi connectivity index (χ0v) is 17.2. The van der Waals surface area contributed by atoms with E-state index in [1.165, 1.54) is 25.3 Å². The minimum Gasteiger partial charge on any atom is -0.494 e. The van der Waals surface area contributed by atoms with Gasteiger partial charge in [-0.2, -0.15) is 20.0 Å². The molecule has 0 saturated carbocycles. The van der Waals surface area contributed by atoms with Crippen LogP contribution >= 0.6 is 0 Å². The third-order valence-electron chi connectivity index (χ3n) is 5.76. The number of hydrogen-bond donors (Lipinski definition) is 1. The molecule has 0 unspecified atom stereocenters. The zero-order valence-electron chi connectivity index (χ0n) is 17.2. The molecule has 160 valence electrons. The first-order valence-corrected chi connectivity index (χ1v) is 10.1.